The molecule has 0 aliphatic carbocycles. The highest BCUT2D eigenvalue weighted by Crippen LogP contribution is 2.25. The van der Waals surface area contributed by atoms with E-state index in [-0.39, 0.29) is 12.0 Å². The SMILES string of the molecule is O=C(NCCCN1CCOCC1)c1cnc(OC2CCOCC2)c(Cl)c1. The van der Waals surface area contributed by atoms with Crippen LogP contribution in [-0.2, 0) is 9.47 Å². The Kier molecular flexibility index (Phi) is 7.49. The molecule has 0 radical (unpaired) electrons. The molecule has 1 aromatic heterocycles. The number of nitrogens with zero attached hydrogens (tertiary/aromatic N) is 2. The van der Waals surface area contributed by atoms with Crippen molar-refractivity contribution in [1.82, 2.24) is 15.2 Å². The van der Waals surface area contributed by atoms with E-state index in [2.05, 4.69) is 15.2 Å². The number of morpholine rings is 1. The Morgan fingerprint density at radius 3 is 2.73 bits per heavy atom. The minimum Gasteiger partial charge on any atom is -0.473 e. The molecule has 144 valence electrons. The highest BCUT2D eigenvalue weighted by molar-refractivity contribution is 6.32. The molecule has 2 aliphatic heterocycles. The van der Waals surface area contributed by atoms with Crippen LogP contribution in [0, 0.1) is 0 Å². The second-order valence-electron chi connectivity index (χ2n) is 6.50. The van der Waals surface area contributed by atoms with Crippen LogP contribution in [0.15, 0.2) is 12.3 Å². The predicted octanol–water partition coefficient (Wildman–Crippen LogP) is 1.74. The van der Waals surface area contributed by atoms with Gasteiger partial charge in [-0.1, -0.05) is 11.6 Å². The van der Waals surface area contributed by atoms with Crippen molar-refractivity contribution >= 4 is 17.5 Å². The van der Waals surface area contributed by atoms with Gasteiger partial charge in [-0.3, -0.25) is 9.69 Å². The molecule has 1 N–H and O–H groups in total. The molecule has 0 aromatic carbocycles. The summed E-state index contributed by atoms with van der Waals surface area (Å²) in [6.45, 7) is 6.46. The Bertz CT molecular complexity index is 590. The molecule has 0 spiro atoms. The molecule has 8 heteroatoms. The van der Waals surface area contributed by atoms with E-state index < -0.39 is 0 Å². The monoisotopic (exact) mass is 383 g/mol. The van der Waals surface area contributed by atoms with Crippen molar-refractivity contribution in [2.24, 2.45) is 0 Å². The van der Waals surface area contributed by atoms with Crippen molar-refractivity contribution in [2.45, 2.75) is 25.4 Å². The molecular weight excluding hydrogens is 358 g/mol. The lowest BCUT2D eigenvalue weighted by molar-refractivity contribution is 0.0238. The maximum atomic E-state index is 12.2. The number of rotatable bonds is 7. The maximum Gasteiger partial charge on any atom is 0.252 e. The van der Waals surface area contributed by atoms with Crippen molar-refractivity contribution in [3.63, 3.8) is 0 Å². The first-order valence-corrected chi connectivity index (χ1v) is 9.58. The van der Waals surface area contributed by atoms with Gasteiger partial charge in [0.15, 0.2) is 0 Å². The molecule has 3 rings (SSSR count). The topological polar surface area (TPSA) is 72.9 Å². The van der Waals surface area contributed by atoms with Gasteiger partial charge in [0.1, 0.15) is 11.1 Å². The van der Waals surface area contributed by atoms with E-state index in [0.29, 0.717) is 36.2 Å². The first-order valence-electron chi connectivity index (χ1n) is 9.20. The average molecular weight is 384 g/mol. The van der Waals surface area contributed by atoms with Gasteiger partial charge in [-0.15, -0.1) is 0 Å². The average Bonchev–Trinajstić information content (AvgIpc) is 2.68. The zero-order valence-electron chi connectivity index (χ0n) is 14.9. The van der Waals surface area contributed by atoms with E-state index >= 15 is 0 Å². The summed E-state index contributed by atoms with van der Waals surface area (Å²) in [5.74, 6) is 0.210. The van der Waals surface area contributed by atoms with Crippen LogP contribution in [0.25, 0.3) is 0 Å². The lowest BCUT2D eigenvalue weighted by Gasteiger charge is -2.26. The Labute approximate surface area is 158 Å². The summed E-state index contributed by atoms with van der Waals surface area (Å²) in [6, 6.07) is 1.61. The fraction of sp³-hybridized carbons (Fsp3) is 0.667. The third-order valence-corrected chi connectivity index (χ3v) is 4.83. The normalized spacial score (nSPS) is 19.3. The molecule has 26 heavy (non-hydrogen) atoms. The van der Waals surface area contributed by atoms with Crippen molar-refractivity contribution in [1.29, 1.82) is 0 Å². The number of hydrogen-bond acceptors (Lipinski definition) is 6. The summed E-state index contributed by atoms with van der Waals surface area (Å²) >= 11 is 6.24. The zero-order valence-corrected chi connectivity index (χ0v) is 15.7. The van der Waals surface area contributed by atoms with E-state index in [9.17, 15) is 4.79 Å². The van der Waals surface area contributed by atoms with Gasteiger partial charge in [-0.2, -0.15) is 0 Å². The zero-order chi connectivity index (χ0) is 18.2. The molecule has 2 saturated heterocycles. The Morgan fingerprint density at radius 1 is 1.27 bits per heavy atom. The summed E-state index contributed by atoms with van der Waals surface area (Å²) in [5, 5.41) is 3.27. The standard InChI is InChI=1S/C18H26ClN3O4/c19-16-12-14(13-21-18(16)26-15-2-8-24-9-3-15)17(23)20-4-1-5-22-6-10-25-11-7-22/h12-13,15H,1-11H2,(H,20,23). The number of aromatic nitrogens is 1. The molecule has 1 aromatic rings. The minimum atomic E-state index is -0.168. The lowest BCUT2D eigenvalue weighted by atomic mass is 10.1. The van der Waals surface area contributed by atoms with Crippen LogP contribution < -0.4 is 10.1 Å². The summed E-state index contributed by atoms with van der Waals surface area (Å²) in [7, 11) is 0. The fourth-order valence-electron chi connectivity index (χ4n) is 3.02. The van der Waals surface area contributed by atoms with Crippen LogP contribution in [0.2, 0.25) is 5.02 Å². The Hall–Kier alpha value is -1.41. The van der Waals surface area contributed by atoms with Crippen LogP contribution >= 0.6 is 11.6 Å². The summed E-state index contributed by atoms with van der Waals surface area (Å²) in [6.07, 6.45) is 4.12. The fourth-order valence-corrected chi connectivity index (χ4v) is 3.23. The quantitative estimate of drug-likeness (QED) is 0.723. The number of amides is 1. The van der Waals surface area contributed by atoms with E-state index in [1.807, 2.05) is 0 Å². The predicted molar refractivity (Wildman–Crippen MR) is 97.9 cm³/mol. The number of halogens is 1. The number of ether oxygens (including phenoxy) is 3. The van der Waals surface area contributed by atoms with Gasteiger partial charge in [0.25, 0.3) is 5.91 Å². The molecule has 0 atom stereocenters. The molecule has 7 nitrogen and oxygen atoms in total. The maximum absolute atomic E-state index is 12.2. The molecule has 0 bridgehead atoms. The Morgan fingerprint density at radius 2 is 2.00 bits per heavy atom. The van der Waals surface area contributed by atoms with Gasteiger partial charge in [0.05, 0.1) is 32.0 Å². The smallest absolute Gasteiger partial charge is 0.252 e. The van der Waals surface area contributed by atoms with Crippen molar-refractivity contribution in [2.75, 3.05) is 52.6 Å². The van der Waals surface area contributed by atoms with E-state index in [1.54, 1.807) is 6.07 Å². The lowest BCUT2D eigenvalue weighted by Crippen LogP contribution is -2.38. The highest BCUT2D eigenvalue weighted by atomic mass is 35.5. The highest BCUT2D eigenvalue weighted by Gasteiger charge is 2.18. The molecule has 0 saturated carbocycles. The number of carbonyl (C=O) groups is 1. The van der Waals surface area contributed by atoms with E-state index in [1.165, 1.54) is 6.20 Å². The van der Waals surface area contributed by atoms with Crippen molar-refractivity contribution in [3.05, 3.63) is 22.8 Å². The van der Waals surface area contributed by atoms with Gasteiger partial charge < -0.3 is 19.5 Å². The number of hydrogen-bond donors (Lipinski definition) is 1. The first kappa shape index (κ1) is 19.4. The molecule has 0 unspecified atom stereocenters. The second-order valence-corrected chi connectivity index (χ2v) is 6.91. The van der Waals surface area contributed by atoms with Crippen LogP contribution in [-0.4, -0.2) is 74.5 Å². The summed E-state index contributed by atoms with van der Waals surface area (Å²) < 4.78 is 16.4. The van der Waals surface area contributed by atoms with Crippen molar-refractivity contribution < 1.29 is 19.0 Å². The van der Waals surface area contributed by atoms with Gasteiger partial charge >= 0.3 is 0 Å². The molecule has 2 fully saturated rings. The minimum absolute atomic E-state index is 0.0635. The van der Waals surface area contributed by atoms with Crippen LogP contribution in [0.5, 0.6) is 5.88 Å². The third-order valence-electron chi connectivity index (χ3n) is 4.56. The number of carbonyl (C=O) groups excluding carboxylic acids is 1. The van der Waals surface area contributed by atoms with Crippen LogP contribution in [0.4, 0.5) is 0 Å². The van der Waals surface area contributed by atoms with Gasteiger partial charge in [0, 0.05) is 38.7 Å². The Balaban J connectivity index is 1.42. The van der Waals surface area contributed by atoms with Gasteiger partial charge in [-0.25, -0.2) is 4.98 Å². The first-order chi connectivity index (χ1) is 12.7. The second kappa shape index (κ2) is 10.1. The molecule has 1 amide bonds. The molecule has 2 aliphatic rings. The molecule has 3 heterocycles. The summed E-state index contributed by atoms with van der Waals surface area (Å²) in [5.41, 5.74) is 0.445. The van der Waals surface area contributed by atoms with E-state index in [4.69, 9.17) is 25.8 Å². The molecular formula is C18H26ClN3O4. The van der Waals surface area contributed by atoms with Gasteiger partial charge in [-0.05, 0) is 19.0 Å². The van der Waals surface area contributed by atoms with Crippen LogP contribution in [0.3, 0.4) is 0 Å². The summed E-state index contributed by atoms with van der Waals surface area (Å²) in [4.78, 5) is 18.8. The third kappa shape index (κ3) is 5.81. The van der Waals surface area contributed by atoms with Gasteiger partial charge in [0.2, 0.25) is 5.88 Å². The van der Waals surface area contributed by atoms with Crippen molar-refractivity contribution in [3.8, 4) is 5.88 Å². The number of pyridine rings is 1. The largest absolute Gasteiger partial charge is 0.473 e. The van der Waals surface area contributed by atoms with Crippen LogP contribution in [0.1, 0.15) is 29.6 Å². The van der Waals surface area contributed by atoms with E-state index in [0.717, 1.165) is 52.1 Å². The number of nitrogens with one attached hydrogen (secondary N) is 1.